The van der Waals surface area contributed by atoms with Crippen LogP contribution in [-0.2, 0) is 13.0 Å². The number of para-hydroxylation sites is 2. The van der Waals surface area contributed by atoms with E-state index in [1.807, 2.05) is 58.1 Å². The summed E-state index contributed by atoms with van der Waals surface area (Å²) in [5, 5.41) is 8.16. The maximum atomic E-state index is 14.0. The molecule has 1 N–H and O–H groups in total. The number of benzene rings is 3. The molecule has 1 atom stereocenters. The Morgan fingerprint density at radius 3 is 2.43 bits per heavy atom. The van der Waals surface area contributed by atoms with Crippen molar-refractivity contribution in [3.63, 3.8) is 0 Å². The zero-order valence-corrected chi connectivity index (χ0v) is 21.0. The Morgan fingerprint density at radius 1 is 0.946 bits per heavy atom. The number of carbonyl (C=O) groups is 1. The fraction of sp³-hybridized carbons (Fsp3) is 0.161. The molecule has 3 heterocycles. The van der Waals surface area contributed by atoms with Crippen LogP contribution in [0.5, 0.6) is 0 Å². The van der Waals surface area contributed by atoms with E-state index in [9.17, 15) is 4.79 Å². The number of aryl methyl sites for hydroxylation is 2. The van der Waals surface area contributed by atoms with E-state index >= 15 is 0 Å². The van der Waals surface area contributed by atoms with Crippen LogP contribution in [0.4, 0.5) is 10.5 Å². The van der Waals surface area contributed by atoms with Crippen LogP contribution in [0.15, 0.2) is 103 Å². The minimum atomic E-state index is -0.278. The van der Waals surface area contributed by atoms with Gasteiger partial charge in [0.2, 0.25) is 0 Å². The lowest BCUT2D eigenvalue weighted by Gasteiger charge is -2.31. The summed E-state index contributed by atoms with van der Waals surface area (Å²) in [4.78, 5) is 15.9. The Labute approximate surface area is 216 Å². The minimum absolute atomic E-state index is 0.146. The monoisotopic (exact) mass is 487 g/mol. The summed E-state index contributed by atoms with van der Waals surface area (Å²) in [6.45, 7) is 4.64. The van der Waals surface area contributed by atoms with Crippen LogP contribution in [0.2, 0.25) is 0 Å². The van der Waals surface area contributed by atoms with Crippen molar-refractivity contribution in [1.29, 1.82) is 0 Å². The fourth-order valence-corrected chi connectivity index (χ4v) is 5.26. The van der Waals surface area contributed by atoms with E-state index in [-0.39, 0.29) is 12.1 Å². The van der Waals surface area contributed by atoms with E-state index in [0.717, 1.165) is 51.7 Å². The quantitative estimate of drug-likeness (QED) is 0.308. The predicted octanol–water partition coefficient (Wildman–Crippen LogP) is 6.67. The number of carbonyl (C=O) groups excluding carboxylic acids is 1. The first-order valence-corrected chi connectivity index (χ1v) is 12.7. The van der Waals surface area contributed by atoms with E-state index in [1.54, 1.807) is 0 Å². The third kappa shape index (κ3) is 4.10. The molecular formula is C31H29N5O. The van der Waals surface area contributed by atoms with Crippen LogP contribution in [-0.4, -0.2) is 25.3 Å². The molecule has 0 unspecified atom stereocenters. The van der Waals surface area contributed by atoms with E-state index in [2.05, 4.69) is 78.5 Å². The van der Waals surface area contributed by atoms with Gasteiger partial charge in [0.05, 0.1) is 29.7 Å². The normalized spacial score (nSPS) is 14.5. The summed E-state index contributed by atoms with van der Waals surface area (Å²) in [5.74, 6) is 0.982. The lowest BCUT2D eigenvalue weighted by atomic mass is 10.00. The molecule has 3 aromatic carbocycles. The van der Waals surface area contributed by atoms with E-state index in [4.69, 9.17) is 5.10 Å². The topological polar surface area (TPSA) is 55.1 Å². The second-order valence-corrected chi connectivity index (χ2v) is 9.39. The second-order valence-electron chi connectivity index (χ2n) is 9.39. The molecule has 1 aliphatic rings. The molecule has 0 saturated heterocycles. The van der Waals surface area contributed by atoms with Gasteiger partial charge >= 0.3 is 6.03 Å². The fourth-order valence-electron chi connectivity index (χ4n) is 5.26. The number of anilines is 1. The average Bonchev–Trinajstić information content (AvgIpc) is 3.51. The number of aromatic nitrogens is 3. The Bertz CT molecular complexity index is 1550. The maximum absolute atomic E-state index is 14.0. The van der Waals surface area contributed by atoms with E-state index < -0.39 is 0 Å². The van der Waals surface area contributed by atoms with Gasteiger partial charge in [0.25, 0.3) is 0 Å². The molecule has 6 rings (SSSR count). The number of rotatable bonds is 4. The molecular weight excluding hydrogens is 458 g/mol. The van der Waals surface area contributed by atoms with Gasteiger partial charge in [-0.3, -0.25) is 0 Å². The number of nitrogens with one attached hydrogen (secondary N) is 1. The first-order valence-electron chi connectivity index (χ1n) is 12.7. The number of urea groups is 1. The van der Waals surface area contributed by atoms with Crippen LogP contribution in [0, 0.1) is 6.92 Å². The van der Waals surface area contributed by atoms with Crippen molar-refractivity contribution in [2.45, 2.75) is 32.9 Å². The minimum Gasteiger partial charge on any atom is -0.308 e. The van der Waals surface area contributed by atoms with Crippen LogP contribution in [0.3, 0.4) is 0 Å². The molecule has 5 aromatic rings. The number of hydrogen-bond donors (Lipinski definition) is 1. The third-order valence-electron chi connectivity index (χ3n) is 6.95. The molecule has 2 aromatic heterocycles. The highest BCUT2D eigenvalue weighted by atomic mass is 16.2. The van der Waals surface area contributed by atoms with Crippen LogP contribution in [0.25, 0.3) is 11.5 Å². The number of nitrogens with zero attached hydrogens (tertiary/aromatic N) is 4. The number of hydrogen-bond acceptors (Lipinski definition) is 2. The molecule has 6 heteroatoms. The molecule has 0 bridgehead atoms. The standard InChI is InChI=1S/C31H29N5O/c1-3-27-26-21-35(31(37)32-24-14-6-4-7-15-24)29(23-13-10-12-22(2)20-23)28-18-11-19-34(28)30(26)36(33-27)25-16-8-5-9-17-25/h4-20,29H,3,21H2,1-2H3,(H,32,37)/t29-/m1/s1. The molecule has 184 valence electrons. The van der Waals surface area contributed by atoms with Gasteiger partial charge in [-0.15, -0.1) is 0 Å². The van der Waals surface area contributed by atoms with Gasteiger partial charge in [-0.25, -0.2) is 9.48 Å². The third-order valence-corrected chi connectivity index (χ3v) is 6.95. The highest BCUT2D eigenvalue weighted by Gasteiger charge is 2.36. The van der Waals surface area contributed by atoms with Gasteiger partial charge in [-0.2, -0.15) is 5.10 Å². The number of amides is 2. The van der Waals surface area contributed by atoms with Crippen LogP contribution < -0.4 is 5.32 Å². The lowest BCUT2D eigenvalue weighted by Crippen LogP contribution is -2.38. The van der Waals surface area contributed by atoms with Crippen LogP contribution in [0.1, 0.15) is 41.0 Å². The van der Waals surface area contributed by atoms with Gasteiger partial charge in [0.15, 0.2) is 0 Å². The van der Waals surface area contributed by atoms with Crippen molar-refractivity contribution in [1.82, 2.24) is 19.2 Å². The first kappa shape index (κ1) is 22.9. The summed E-state index contributed by atoms with van der Waals surface area (Å²) in [6, 6.07) is 32.0. The molecule has 0 spiro atoms. The van der Waals surface area contributed by atoms with Gasteiger partial charge in [0.1, 0.15) is 5.82 Å². The Morgan fingerprint density at radius 2 is 1.70 bits per heavy atom. The second kappa shape index (κ2) is 9.47. The van der Waals surface area contributed by atoms with Crippen LogP contribution >= 0.6 is 0 Å². The van der Waals surface area contributed by atoms with Gasteiger partial charge in [-0.05, 0) is 55.3 Å². The summed E-state index contributed by atoms with van der Waals surface area (Å²) in [7, 11) is 0. The van der Waals surface area contributed by atoms with Gasteiger partial charge in [0, 0.05) is 17.4 Å². The molecule has 0 radical (unpaired) electrons. The molecule has 6 nitrogen and oxygen atoms in total. The molecule has 2 amide bonds. The van der Waals surface area contributed by atoms with Gasteiger partial charge < -0.3 is 14.8 Å². The number of fused-ring (bicyclic) bond motifs is 3. The Hall–Kier alpha value is -4.58. The lowest BCUT2D eigenvalue weighted by molar-refractivity contribution is 0.194. The van der Waals surface area contributed by atoms with Crippen molar-refractivity contribution >= 4 is 11.7 Å². The average molecular weight is 488 g/mol. The maximum Gasteiger partial charge on any atom is 0.322 e. The van der Waals surface area contributed by atoms with E-state index in [1.165, 1.54) is 0 Å². The molecule has 0 saturated carbocycles. The highest BCUT2D eigenvalue weighted by Crippen LogP contribution is 2.39. The summed E-state index contributed by atoms with van der Waals surface area (Å²) in [6.07, 6.45) is 2.85. The molecule has 0 fully saturated rings. The highest BCUT2D eigenvalue weighted by molar-refractivity contribution is 5.90. The summed E-state index contributed by atoms with van der Waals surface area (Å²) in [5.41, 5.74) is 7.06. The predicted molar refractivity (Wildman–Crippen MR) is 146 cm³/mol. The summed E-state index contributed by atoms with van der Waals surface area (Å²) < 4.78 is 4.22. The molecule has 0 aliphatic carbocycles. The zero-order chi connectivity index (χ0) is 25.4. The Kier molecular flexibility index (Phi) is 5.85. The molecule has 37 heavy (non-hydrogen) atoms. The zero-order valence-electron chi connectivity index (χ0n) is 21.0. The van der Waals surface area contributed by atoms with Crippen molar-refractivity contribution in [2.75, 3.05) is 5.32 Å². The van der Waals surface area contributed by atoms with Crippen molar-refractivity contribution in [3.05, 3.63) is 131 Å². The Balaban J connectivity index is 1.57. The van der Waals surface area contributed by atoms with Gasteiger partial charge in [-0.1, -0.05) is 73.2 Å². The summed E-state index contributed by atoms with van der Waals surface area (Å²) >= 11 is 0. The van der Waals surface area contributed by atoms with E-state index in [0.29, 0.717) is 6.54 Å². The van der Waals surface area contributed by atoms with Crippen molar-refractivity contribution in [2.24, 2.45) is 0 Å². The van der Waals surface area contributed by atoms with Crippen molar-refractivity contribution < 1.29 is 4.79 Å². The largest absolute Gasteiger partial charge is 0.322 e. The SMILES string of the molecule is CCc1nn(-c2ccccc2)c2c1CN(C(=O)Nc1ccccc1)[C@H](c1cccc(C)c1)c1cccn1-2. The van der Waals surface area contributed by atoms with Crippen molar-refractivity contribution in [3.8, 4) is 11.5 Å². The smallest absolute Gasteiger partial charge is 0.308 e. The molecule has 1 aliphatic heterocycles. The first-order chi connectivity index (χ1) is 18.1.